The Kier molecular flexibility index (Phi) is 11.9. The first kappa shape index (κ1) is 19.3. The number of pyridine rings is 1. The fourth-order valence-electron chi connectivity index (χ4n) is 1.13. The first-order chi connectivity index (χ1) is 7.74. The van der Waals surface area contributed by atoms with Crippen molar-refractivity contribution in [2.45, 2.75) is 19.4 Å². The van der Waals surface area contributed by atoms with Crippen LogP contribution in [0.4, 0.5) is 0 Å². The normalized spacial score (nSPS) is 10.6. The van der Waals surface area contributed by atoms with Gasteiger partial charge in [-0.3, -0.25) is 9.78 Å². The molecular weight excluding hydrogens is 277 g/mol. The highest BCUT2D eigenvalue weighted by Gasteiger charge is 2.13. The van der Waals surface area contributed by atoms with Crippen molar-refractivity contribution in [1.82, 2.24) is 10.3 Å². The Morgan fingerprint density at radius 2 is 2.28 bits per heavy atom. The zero-order valence-electron chi connectivity index (χ0n) is 10.2. The van der Waals surface area contributed by atoms with Gasteiger partial charge in [0.05, 0.1) is 6.20 Å². The number of carbonyl (C=O) groups is 1. The van der Waals surface area contributed by atoms with Gasteiger partial charge in [0.2, 0.25) is 0 Å². The average Bonchev–Trinajstić information content (AvgIpc) is 2.30. The van der Waals surface area contributed by atoms with Crippen molar-refractivity contribution in [3.63, 3.8) is 0 Å². The molecule has 0 aliphatic heterocycles. The molecule has 1 unspecified atom stereocenters. The summed E-state index contributed by atoms with van der Waals surface area (Å²) in [5, 5.41) is 2.74. The van der Waals surface area contributed by atoms with Gasteiger partial charge in [-0.25, -0.2) is 0 Å². The fraction of sp³-hybridized carbons (Fsp3) is 0.455. The number of hydrogen-bond donors (Lipinski definition) is 2. The molecule has 104 valence electrons. The number of amides is 1. The Hall–Kier alpha value is -1.04. The number of rotatable bonds is 6. The van der Waals surface area contributed by atoms with Crippen molar-refractivity contribution in [2.75, 3.05) is 13.1 Å². The minimum absolute atomic E-state index is 0. The molecule has 1 amide bonds. The Balaban J connectivity index is 0. The van der Waals surface area contributed by atoms with Crippen LogP contribution in [-0.2, 0) is 4.79 Å². The van der Waals surface area contributed by atoms with Gasteiger partial charge in [0.25, 0.3) is 5.91 Å². The second-order valence-electron chi connectivity index (χ2n) is 3.38. The van der Waals surface area contributed by atoms with Gasteiger partial charge in [0, 0.05) is 12.7 Å². The van der Waals surface area contributed by atoms with Crippen LogP contribution < -0.4 is 15.8 Å². The van der Waals surface area contributed by atoms with Gasteiger partial charge < -0.3 is 15.8 Å². The number of nitrogens with zero attached hydrogens (tertiary/aromatic N) is 1. The Morgan fingerprint density at radius 1 is 1.56 bits per heavy atom. The third-order valence-electron chi connectivity index (χ3n) is 2.00. The Morgan fingerprint density at radius 3 is 2.83 bits per heavy atom. The van der Waals surface area contributed by atoms with E-state index in [0.29, 0.717) is 18.8 Å². The monoisotopic (exact) mass is 295 g/mol. The van der Waals surface area contributed by atoms with Crippen LogP contribution in [0.5, 0.6) is 5.75 Å². The zero-order valence-corrected chi connectivity index (χ0v) is 11.8. The van der Waals surface area contributed by atoms with Crippen LogP contribution in [0.15, 0.2) is 24.5 Å². The molecule has 0 aliphatic carbocycles. The molecule has 7 heteroatoms. The van der Waals surface area contributed by atoms with Gasteiger partial charge in [-0.15, -0.1) is 24.8 Å². The van der Waals surface area contributed by atoms with Crippen LogP contribution >= 0.6 is 24.8 Å². The molecule has 0 radical (unpaired) electrons. The molecule has 1 aromatic heterocycles. The van der Waals surface area contributed by atoms with E-state index in [1.165, 1.54) is 0 Å². The second kappa shape index (κ2) is 11.1. The molecule has 0 aliphatic rings. The quantitative estimate of drug-likeness (QED) is 0.772. The molecule has 1 rings (SSSR count). The summed E-state index contributed by atoms with van der Waals surface area (Å²) in [7, 11) is 0. The maximum absolute atomic E-state index is 11.5. The highest BCUT2D eigenvalue weighted by molar-refractivity contribution is 5.85. The second-order valence-corrected chi connectivity index (χ2v) is 3.38. The summed E-state index contributed by atoms with van der Waals surface area (Å²) in [6, 6.07) is 3.52. The molecule has 1 atom stereocenters. The summed E-state index contributed by atoms with van der Waals surface area (Å²) in [5.41, 5.74) is 5.32. The van der Waals surface area contributed by atoms with Gasteiger partial charge in [0.15, 0.2) is 6.10 Å². The summed E-state index contributed by atoms with van der Waals surface area (Å²) in [6.07, 6.45) is 3.47. The Labute approximate surface area is 119 Å². The van der Waals surface area contributed by atoms with Crippen LogP contribution in [0.1, 0.15) is 13.3 Å². The number of hydrogen-bond acceptors (Lipinski definition) is 4. The maximum Gasteiger partial charge on any atom is 0.260 e. The largest absolute Gasteiger partial charge is 0.479 e. The number of halogens is 2. The molecule has 1 aromatic rings. The molecule has 0 bridgehead atoms. The summed E-state index contributed by atoms with van der Waals surface area (Å²) in [5.74, 6) is 0.446. The molecule has 0 saturated carbocycles. The number of ether oxygens (including phenoxy) is 1. The lowest BCUT2D eigenvalue weighted by Crippen LogP contribution is -2.37. The van der Waals surface area contributed by atoms with Gasteiger partial charge in [-0.05, 0) is 32.0 Å². The summed E-state index contributed by atoms with van der Waals surface area (Å²) in [6.45, 7) is 2.85. The minimum atomic E-state index is -0.526. The Bertz CT molecular complexity index is 325. The predicted octanol–water partition coefficient (Wildman–Crippen LogP) is 1.16. The zero-order chi connectivity index (χ0) is 11.8. The average molecular weight is 296 g/mol. The molecular formula is C11H19Cl2N3O2. The third kappa shape index (κ3) is 7.32. The first-order valence-corrected chi connectivity index (χ1v) is 5.28. The molecule has 0 spiro atoms. The van der Waals surface area contributed by atoms with E-state index in [0.717, 1.165) is 6.42 Å². The number of aromatic nitrogens is 1. The van der Waals surface area contributed by atoms with Crippen molar-refractivity contribution < 1.29 is 9.53 Å². The third-order valence-corrected chi connectivity index (χ3v) is 2.00. The molecule has 1 heterocycles. The maximum atomic E-state index is 11.5. The van der Waals surface area contributed by atoms with Gasteiger partial charge in [0.1, 0.15) is 5.75 Å². The smallest absolute Gasteiger partial charge is 0.260 e. The lowest BCUT2D eigenvalue weighted by atomic mass is 10.3. The van der Waals surface area contributed by atoms with E-state index in [9.17, 15) is 4.79 Å². The van der Waals surface area contributed by atoms with Crippen LogP contribution in [-0.4, -0.2) is 30.1 Å². The molecule has 18 heavy (non-hydrogen) atoms. The first-order valence-electron chi connectivity index (χ1n) is 5.28. The number of nitrogens with two attached hydrogens (primary N) is 1. The van der Waals surface area contributed by atoms with E-state index in [1.807, 2.05) is 0 Å². The number of nitrogens with one attached hydrogen (secondary N) is 1. The molecule has 3 N–H and O–H groups in total. The summed E-state index contributed by atoms with van der Waals surface area (Å²) in [4.78, 5) is 15.4. The van der Waals surface area contributed by atoms with Gasteiger partial charge >= 0.3 is 0 Å². The predicted molar refractivity (Wildman–Crippen MR) is 75.5 cm³/mol. The topological polar surface area (TPSA) is 77.2 Å². The molecule has 0 fully saturated rings. The van der Waals surface area contributed by atoms with Crippen LogP contribution in [0.2, 0.25) is 0 Å². The van der Waals surface area contributed by atoms with E-state index in [-0.39, 0.29) is 30.7 Å². The summed E-state index contributed by atoms with van der Waals surface area (Å²) < 4.78 is 5.40. The summed E-state index contributed by atoms with van der Waals surface area (Å²) >= 11 is 0. The highest BCUT2D eigenvalue weighted by atomic mass is 35.5. The standard InChI is InChI=1S/C11H17N3O2.2ClH/c1-9(11(15)14-7-3-5-12)16-10-4-2-6-13-8-10;;/h2,4,6,8-9H,3,5,7,12H2,1H3,(H,14,15);2*1H. The lowest BCUT2D eigenvalue weighted by molar-refractivity contribution is -0.127. The fourth-order valence-corrected chi connectivity index (χ4v) is 1.13. The van der Waals surface area contributed by atoms with Crippen molar-refractivity contribution >= 4 is 30.7 Å². The molecule has 5 nitrogen and oxygen atoms in total. The van der Waals surface area contributed by atoms with E-state index in [2.05, 4.69) is 10.3 Å². The van der Waals surface area contributed by atoms with E-state index in [4.69, 9.17) is 10.5 Å². The van der Waals surface area contributed by atoms with Gasteiger partial charge in [-0.2, -0.15) is 0 Å². The molecule has 0 aromatic carbocycles. The highest BCUT2D eigenvalue weighted by Crippen LogP contribution is 2.08. The van der Waals surface area contributed by atoms with E-state index < -0.39 is 6.10 Å². The lowest BCUT2D eigenvalue weighted by Gasteiger charge is -2.13. The van der Waals surface area contributed by atoms with Crippen molar-refractivity contribution in [2.24, 2.45) is 5.73 Å². The van der Waals surface area contributed by atoms with Crippen LogP contribution in [0.25, 0.3) is 0 Å². The van der Waals surface area contributed by atoms with Crippen LogP contribution in [0, 0.1) is 0 Å². The van der Waals surface area contributed by atoms with Crippen molar-refractivity contribution in [3.05, 3.63) is 24.5 Å². The van der Waals surface area contributed by atoms with Gasteiger partial charge in [-0.1, -0.05) is 0 Å². The SMILES string of the molecule is CC(Oc1cccnc1)C(=O)NCCCN.Cl.Cl. The van der Waals surface area contributed by atoms with E-state index in [1.54, 1.807) is 31.5 Å². The van der Waals surface area contributed by atoms with Crippen LogP contribution in [0.3, 0.4) is 0 Å². The minimum Gasteiger partial charge on any atom is -0.479 e. The van der Waals surface area contributed by atoms with Crippen molar-refractivity contribution in [1.29, 1.82) is 0 Å². The number of carbonyl (C=O) groups excluding carboxylic acids is 1. The molecule has 0 saturated heterocycles. The van der Waals surface area contributed by atoms with Crippen molar-refractivity contribution in [3.8, 4) is 5.75 Å². The van der Waals surface area contributed by atoms with E-state index >= 15 is 0 Å².